The second-order valence-electron chi connectivity index (χ2n) is 3.54. The summed E-state index contributed by atoms with van der Waals surface area (Å²) in [5.74, 6) is 0.666. The molecule has 3 heteroatoms. The maximum Gasteiger partial charge on any atom is 0.196 e. The molecule has 1 spiro atoms. The Morgan fingerprint density at radius 1 is 1.14 bits per heavy atom. The minimum absolute atomic E-state index is 0.415. The molecule has 0 amide bonds. The molecule has 0 bridgehead atoms. The first-order valence-corrected chi connectivity index (χ1v) is 5.89. The normalized spacial score (nSPS) is 23.7. The summed E-state index contributed by atoms with van der Waals surface area (Å²) in [6.07, 6.45) is 0.967. The lowest BCUT2D eigenvalue weighted by Gasteiger charge is -2.33. The molecule has 0 N–H and O–H groups in total. The van der Waals surface area contributed by atoms with Crippen LogP contribution in [-0.4, -0.2) is 19.0 Å². The summed E-state index contributed by atoms with van der Waals surface area (Å²) < 4.78 is 11.5. The Kier molecular flexibility index (Phi) is 2.04. The lowest BCUT2D eigenvalue weighted by molar-refractivity contribution is -0.169. The fourth-order valence-corrected chi connectivity index (χ4v) is 3.24. The number of thioether (sulfide) groups is 1. The Morgan fingerprint density at radius 3 is 2.79 bits per heavy atom. The fraction of sp³-hybridized carbons (Fsp3) is 0.455. The first kappa shape index (κ1) is 8.77. The van der Waals surface area contributed by atoms with Gasteiger partial charge in [-0.2, -0.15) is 0 Å². The van der Waals surface area contributed by atoms with Crippen LogP contribution in [0.4, 0.5) is 0 Å². The van der Waals surface area contributed by atoms with Crippen LogP contribution in [0.25, 0.3) is 0 Å². The molecule has 1 saturated heterocycles. The molecule has 0 atom stereocenters. The van der Waals surface area contributed by atoms with Gasteiger partial charge in [-0.15, -0.1) is 11.8 Å². The third-order valence-corrected chi connectivity index (χ3v) is 3.82. The lowest BCUT2D eigenvalue weighted by Crippen LogP contribution is -2.31. The van der Waals surface area contributed by atoms with Gasteiger partial charge < -0.3 is 9.47 Å². The first-order chi connectivity index (χ1) is 6.91. The molecule has 14 heavy (non-hydrogen) atoms. The fourth-order valence-electron chi connectivity index (χ4n) is 2.09. The minimum Gasteiger partial charge on any atom is -0.343 e. The third-order valence-electron chi connectivity index (χ3n) is 2.74. The summed E-state index contributed by atoms with van der Waals surface area (Å²) in [4.78, 5) is 1.31. The van der Waals surface area contributed by atoms with E-state index >= 15 is 0 Å². The van der Waals surface area contributed by atoms with Gasteiger partial charge in [-0.05, 0) is 6.07 Å². The van der Waals surface area contributed by atoms with Crippen molar-refractivity contribution in [3.8, 4) is 0 Å². The summed E-state index contributed by atoms with van der Waals surface area (Å²) in [5.41, 5.74) is 1.22. The van der Waals surface area contributed by atoms with Gasteiger partial charge in [0, 0.05) is 22.6 Å². The van der Waals surface area contributed by atoms with E-state index in [0.29, 0.717) is 0 Å². The van der Waals surface area contributed by atoms with Crippen molar-refractivity contribution in [2.24, 2.45) is 0 Å². The monoisotopic (exact) mass is 208 g/mol. The summed E-state index contributed by atoms with van der Waals surface area (Å²) in [7, 11) is 0. The molecule has 3 rings (SSSR count). The van der Waals surface area contributed by atoms with Gasteiger partial charge in [0.1, 0.15) is 0 Å². The van der Waals surface area contributed by atoms with Crippen molar-refractivity contribution in [2.45, 2.75) is 17.1 Å². The number of rotatable bonds is 0. The van der Waals surface area contributed by atoms with E-state index in [0.717, 1.165) is 25.4 Å². The summed E-state index contributed by atoms with van der Waals surface area (Å²) in [6, 6.07) is 8.38. The lowest BCUT2D eigenvalue weighted by atomic mass is 10.0. The highest BCUT2D eigenvalue weighted by Gasteiger charge is 2.42. The first-order valence-electron chi connectivity index (χ1n) is 4.91. The molecule has 2 nitrogen and oxygen atoms in total. The van der Waals surface area contributed by atoms with Gasteiger partial charge in [-0.3, -0.25) is 0 Å². The zero-order valence-corrected chi connectivity index (χ0v) is 8.68. The van der Waals surface area contributed by atoms with E-state index in [9.17, 15) is 0 Å². The largest absolute Gasteiger partial charge is 0.343 e. The molecule has 1 aromatic carbocycles. The second kappa shape index (κ2) is 3.26. The van der Waals surface area contributed by atoms with Gasteiger partial charge in [0.25, 0.3) is 0 Å². The predicted octanol–water partition coefficient (Wildman–Crippen LogP) is 2.38. The van der Waals surface area contributed by atoms with Crippen molar-refractivity contribution >= 4 is 11.8 Å². The van der Waals surface area contributed by atoms with E-state index in [1.54, 1.807) is 0 Å². The Bertz CT molecular complexity index is 345. The summed E-state index contributed by atoms with van der Waals surface area (Å²) in [5, 5.41) is 0. The van der Waals surface area contributed by atoms with Gasteiger partial charge in [0.15, 0.2) is 5.79 Å². The summed E-state index contributed by atoms with van der Waals surface area (Å²) in [6.45, 7) is 1.44. The molecule has 74 valence electrons. The zero-order chi connectivity index (χ0) is 9.43. The quantitative estimate of drug-likeness (QED) is 0.652. The van der Waals surface area contributed by atoms with E-state index in [1.165, 1.54) is 10.5 Å². The summed E-state index contributed by atoms with van der Waals surface area (Å²) >= 11 is 1.89. The molecule has 1 aromatic rings. The molecular weight excluding hydrogens is 196 g/mol. The molecule has 1 fully saturated rings. The average molecular weight is 208 g/mol. The molecular formula is C11H12O2S. The molecule has 0 unspecified atom stereocenters. The van der Waals surface area contributed by atoms with Crippen LogP contribution >= 0.6 is 11.8 Å². The number of hydrogen-bond donors (Lipinski definition) is 0. The number of hydrogen-bond acceptors (Lipinski definition) is 3. The highest BCUT2D eigenvalue weighted by molar-refractivity contribution is 7.99. The van der Waals surface area contributed by atoms with Crippen molar-refractivity contribution in [3.05, 3.63) is 29.8 Å². The van der Waals surface area contributed by atoms with Crippen LogP contribution in [0.15, 0.2) is 29.2 Å². The van der Waals surface area contributed by atoms with E-state index in [1.807, 2.05) is 11.8 Å². The van der Waals surface area contributed by atoms with Crippen molar-refractivity contribution < 1.29 is 9.47 Å². The maximum absolute atomic E-state index is 5.77. The van der Waals surface area contributed by atoms with E-state index < -0.39 is 5.79 Å². The van der Waals surface area contributed by atoms with E-state index in [-0.39, 0.29) is 0 Å². The van der Waals surface area contributed by atoms with Gasteiger partial charge in [-0.25, -0.2) is 0 Å². The van der Waals surface area contributed by atoms with Crippen molar-refractivity contribution in [1.82, 2.24) is 0 Å². The average Bonchev–Trinajstić information content (AvgIpc) is 2.68. The highest BCUT2D eigenvalue weighted by Crippen LogP contribution is 2.45. The molecule has 2 heterocycles. The van der Waals surface area contributed by atoms with Crippen molar-refractivity contribution in [1.29, 1.82) is 0 Å². The van der Waals surface area contributed by atoms with Crippen LogP contribution in [0.3, 0.4) is 0 Å². The molecule has 0 saturated carbocycles. The Balaban J connectivity index is 2.10. The van der Waals surface area contributed by atoms with Crippen LogP contribution in [0.1, 0.15) is 12.0 Å². The molecule has 2 aliphatic rings. The maximum atomic E-state index is 5.77. The van der Waals surface area contributed by atoms with Gasteiger partial charge in [0.05, 0.1) is 13.2 Å². The Morgan fingerprint density at radius 2 is 1.93 bits per heavy atom. The smallest absolute Gasteiger partial charge is 0.196 e. The predicted molar refractivity (Wildman–Crippen MR) is 55.4 cm³/mol. The molecule has 0 radical (unpaired) electrons. The van der Waals surface area contributed by atoms with Crippen LogP contribution in [-0.2, 0) is 15.3 Å². The third kappa shape index (κ3) is 1.20. The van der Waals surface area contributed by atoms with Crippen LogP contribution in [0, 0.1) is 0 Å². The van der Waals surface area contributed by atoms with Crippen molar-refractivity contribution in [3.63, 3.8) is 0 Å². The Labute approximate surface area is 87.6 Å². The van der Waals surface area contributed by atoms with Gasteiger partial charge in [-0.1, -0.05) is 18.2 Å². The second-order valence-corrected chi connectivity index (χ2v) is 4.68. The van der Waals surface area contributed by atoms with Gasteiger partial charge >= 0.3 is 0 Å². The van der Waals surface area contributed by atoms with Crippen LogP contribution in [0.2, 0.25) is 0 Å². The zero-order valence-electron chi connectivity index (χ0n) is 7.86. The highest BCUT2D eigenvalue weighted by atomic mass is 32.2. The molecule has 0 aromatic heterocycles. The van der Waals surface area contributed by atoms with E-state index in [4.69, 9.17) is 9.47 Å². The number of benzene rings is 1. The topological polar surface area (TPSA) is 18.5 Å². The SMILES string of the molecule is c1ccc2c(c1)SCCC21OCCO1. The standard InChI is InChI=1S/C11H12O2S/c1-2-4-10-9(3-1)11(5-8-14-10)12-6-7-13-11/h1-4H,5-8H2. The molecule has 0 aliphatic carbocycles. The molecule has 2 aliphatic heterocycles. The van der Waals surface area contributed by atoms with Crippen LogP contribution < -0.4 is 0 Å². The number of fused-ring (bicyclic) bond motifs is 2. The van der Waals surface area contributed by atoms with Crippen LogP contribution in [0.5, 0.6) is 0 Å². The van der Waals surface area contributed by atoms with Crippen molar-refractivity contribution in [2.75, 3.05) is 19.0 Å². The number of ether oxygens (including phenoxy) is 2. The Hall–Kier alpha value is -0.510. The van der Waals surface area contributed by atoms with E-state index in [2.05, 4.69) is 24.3 Å². The minimum atomic E-state index is -0.415. The van der Waals surface area contributed by atoms with Gasteiger partial charge in [0.2, 0.25) is 0 Å².